The van der Waals surface area contributed by atoms with E-state index in [-0.39, 0.29) is 6.04 Å². The Morgan fingerprint density at radius 3 is 2.53 bits per heavy atom. The molecular formula is C13H19BrN2O2S. The summed E-state index contributed by atoms with van der Waals surface area (Å²) in [6.45, 7) is 3.69. The molecule has 0 aliphatic carbocycles. The summed E-state index contributed by atoms with van der Waals surface area (Å²) >= 11 is 3.36. The Balaban J connectivity index is 2.30. The largest absolute Gasteiger partial charge is 0.317 e. The zero-order valence-corrected chi connectivity index (χ0v) is 13.6. The fourth-order valence-corrected chi connectivity index (χ4v) is 4.90. The monoisotopic (exact) mass is 346 g/mol. The number of aryl methyl sites for hydroxylation is 1. The van der Waals surface area contributed by atoms with Gasteiger partial charge in [0.1, 0.15) is 0 Å². The van der Waals surface area contributed by atoms with E-state index in [0.717, 1.165) is 31.5 Å². The molecule has 6 heteroatoms. The number of benzene rings is 1. The van der Waals surface area contributed by atoms with Gasteiger partial charge >= 0.3 is 0 Å². The zero-order chi connectivity index (χ0) is 14.0. The molecule has 1 saturated heterocycles. The summed E-state index contributed by atoms with van der Waals surface area (Å²) in [5, 5.41) is 3.25. The smallest absolute Gasteiger partial charge is 0.244 e. The molecule has 1 fully saturated rings. The zero-order valence-electron chi connectivity index (χ0n) is 11.2. The van der Waals surface area contributed by atoms with Crippen molar-refractivity contribution in [3.8, 4) is 0 Å². The highest BCUT2D eigenvalue weighted by molar-refractivity contribution is 9.10. The van der Waals surface area contributed by atoms with Crippen LogP contribution in [0.1, 0.15) is 18.4 Å². The minimum absolute atomic E-state index is 0.0828. The van der Waals surface area contributed by atoms with E-state index in [2.05, 4.69) is 21.2 Å². The summed E-state index contributed by atoms with van der Waals surface area (Å²) in [5.74, 6) is 0. The van der Waals surface area contributed by atoms with Crippen molar-refractivity contribution >= 4 is 26.0 Å². The summed E-state index contributed by atoms with van der Waals surface area (Å²) in [5.41, 5.74) is 1.04. The van der Waals surface area contributed by atoms with Crippen molar-refractivity contribution in [3.05, 3.63) is 28.2 Å². The van der Waals surface area contributed by atoms with Gasteiger partial charge in [-0.2, -0.15) is 4.31 Å². The van der Waals surface area contributed by atoms with Gasteiger partial charge in [0.05, 0.1) is 4.90 Å². The van der Waals surface area contributed by atoms with E-state index in [1.54, 1.807) is 13.1 Å². The first kappa shape index (κ1) is 15.0. The molecule has 4 nitrogen and oxygen atoms in total. The first-order chi connectivity index (χ1) is 8.93. The van der Waals surface area contributed by atoms with Crippen molar-refractivity contribution in [1.29, 1.82) is 0 Å². The number of piperidine rings is 1. The lowest BCUT2D eigenvalue weighted by molar-refractivity contribution is 0.296. The van der Waals surface area contributed by atoms with Gasteiger partial charge in [0.25, 0.3) is 0 Å². The number of hydrogen-bond donors (Lipinski definition) is 1. The third kappa shape index (κ3) is 3.18. The average molecular weight is 347 g/mol. The van der Waals surface area contributed by atoms with Gasteiger partial charge in [-0.1, -0.05) is 6.07 Å². The van der Waals surface area contributed by atoms with Crippen LogP contribution in [-0.4, -0.2) is 38.9 Å². The first-order valence-corrected chi connectivity index (χ1v) is 8.61. The first-order valence-electron chi connectivity index (χ1n) is 6.38. The fraction of sp³-hybridized carbons (Fsp3) is 0.538. The molecule has 1 aromatic carbocycles. The minimum Gasteiger partial charge on any atom is -0.317 e. The predicted octanol–water partition coefficient (Wildman–Crippen LogP) is 2.13. The molecule has 0 unspecified atom stereocenters. The normalized spacial score (nSPS) is 17.9. The van der Waals surface area contributed by atoms with E-state index in [1.165, 1.54) is 4.31 Å². The summed E-state index contributed by atoms with van der Waals surface area (Å²) < 4.78 is 27.4. The molecule has 0 amide bonds. The fourth-order valence-electron chi connectivity index (χ4n) is 2.34. The van der Waals surface area contributed by atoms with Gasteiger partial charge in [0.15, 0.2) is 0 Å². The molecule has 1 aromatic rings. The summed E-state index contributed by atoms with van der Waals surface area (Å²) in [4.78, 5) is 0.346. The van der Waals surface area contributed by atoms with Gasteiger partial charge < -0.3 is 5.32 Å². The lowest BCUT2D eigenvalue weighted by Gasteiger charge is -2.31. The molecule has 0 aromatic heterocycles. The van der Waals surface area contributed by atoms with Gasteiger partial charge in [-0.3, -0.25) is 0 Å². The quantitative estimate of drug-likeness (QED) is 0.911. The van der Waals surface area contributed by atoms with E-state index in [4.69, 9.17) is 0 Å². The van der Waals surface area contributed by atoms with Crippen molar-refractivity contribution in [2.45, 2.75) is 30.7 Å². The van der Waals surface area contributed by atoms with Crippen molar-refractivity contribution in [2.24, 2.45) is 0 Å². The second kappa shape index (κ2) is 5.91. The third-order valence-electron chi connectivity index (χ3n) is 3.57. The van der Waals surface area contributed by atoms with Gasteiger partial charge in [-0.25, -0.2) is 8.42 Å². The van der Waals surface area contributed by atoms with Crippen LogP contribution in [0.4, 0.5) is 0 Å². The van der Waals surface area contributed by atoms with Crippen LogP contribution >= 0.6 is 15.9 Å². The topological polar surface area (TPSA) is 49.4 Å². The molecule has 19 heavy (non-hydrogen) atoms. The highest BCUT2D eigenvalue weighted by Gasteiger charge is 2.30. The molecule has 1 aliphatic heterocycles. The molecule has 1 heterocycles. The van der Waals surface area contributed by atoms with E-state index < -0.39 is 10.0 Å². The van der Waals surface area contributed by atoms with Crippen molar-refractivity contribution in [2.75, 3.05) is 20.1 Å². The van der Waals surface area contributed by atoms with Gasteiger partial charge in [0.2, 0.25) is 10.0 Å². The standard InChI is InChI=1S/C13H19BrN2O2S/c1-10-3-4-13(12(14)9-10)19(17,18)16(2)11-5-7-15-8-6-11/h3-4,9,11,15H,5-8H2,1-2H3. The van der Waals surface area contributed by atoms with E-state index >= 15 is 0 Å². The summed E-state index contributed by atoms with van der Waals surface area (Å²) in [6.07, 6.45) is 1.72. The highest BCUT2D eigenvalue weighted by Crippen LogP contribution is 2.27. The van der Waals surface area contributed by atoms with Crippen LogP contribution in [0.3, 0.4) is 0 Å². The van der Waals surface area contributed by atoms with E-state index in [0.29, 0.717) is 9.37 Å². The van der Waals surface area contributed by atoms with Gasteiger partial charge in [-0.15, -0.1) is 0 Å². The Bertz CT molecular complexity index is 554. The minimum atomic E-state index is -3.43. The number of halogens is 1. The predicted molar refractivity (Wildman–Crippen MR) is 79.7 cm³/mol. The molecule has 2 rings (SSSR count). The Hall–Kier alpha value is -0.430. The molecule has 0 radical (unpaired) electrons. The van der Waals surface area contributed by atoms with E-state index in [9.17, 15) is 8.42 Å². The molecule has 1 N–H and O–H groups in total. The third-order valence-corrected chi connectivity index (χ3v) is 6.45. The van der Waals surface area contributed by atoms with Crippen LogP contribution in [0, 0.1) is 6.92 Å². The summed E-state index contributed by atoms with van der Waals surface area (Å²) in [6, 6.07) is 5.42. The number of sulfonamides is 1. The van der Waals surface area contributed by atoms with Crippen molar-refractivity contribution < 1.29 is 8.42 Å². The van der Waals surface area contributed by atoms with Crippen LogP contribution in [0.15, 0.2) is 27.6 Å². The SMILES string of the molecule is Cc1ccc(S(=O)(=O)N(C)C2CCNCC2)c(Br)c1. The Kier molecular flexibility index (Phi) is 4.66. The number of nitrogens with zero attached hydrogens (tertiary/aromatic N) is 1. The Morgan fingerprint density at radius 2 is 1.95 bits per heavy atom. The average Bonchev–Trinajstić information content (AvgIpc) is 2.38. The number of rotatable bonds is 3. The van der Waals surface area contributed by atoms with E-state index in [1.807, 2.05) is 19.1 Å². The van der Waals surface area contributed by atoms with Crippen LogP contribution < -0.4 is 5.32 Å². The molecule has 0 bridgehead atoms. The molecule has 0 saturated carbocycles. The number of nitrogens with one attached hydrogen (secondary N) is 1. The molecular weight excluding hydrogens is 328 g/mol. The Morgan fingerprint density at radius 1 is 1.32 bits per heavy atom. The maximum atomic E-state index is 12.6. The van der Waals surface area contributed by atoms with Crippen molar-refractivity contribution in [3.63, 3.8) is 0 Å². The maximum absolute atomic E-state index is 12.6. The van der Waals surface area contributed by atoms with Crippen LogP contribution in [0.5, 0.6) is 0 Å². The van der Waals surface area contributed by atoms with Gasteiger partial charge in [0, 0.05) is 17.6 Å². The van der Waals surface area contributed by atoms with Crippen LogP contribution in [-0.2, 0) is 10.0 Å². The second-order valence-corrected chi connectivity index (χ2v) is 7.76. The molecule has 1 aliphatic rings. The second-order valence-electron chi connectivity index (χ2n) is 4.94. The highest BCUT2D eigenvalue weighted by atomic mass is 79.9. The lowest BCUT2D eigenvalue weighted by atomic mass is 10.1. The molecule has 0 spiro atoms. The lowest BCUT2D eigenvalue weighted by Crippen LogP contribution is -2.43. The summed E-state index contributed by atoms with van der Waals surface area (Å²) in [7, 11) is -1.75. The molecule has 0 atom stereocenters. The number of hydrogen-bond acceptors (Lipinski definition) is 3. The molecule has 106 valence electrons. The Labute approximate surface area is 123 Å². The maximum Gasteiger partial charge on any atom is 0.244 e. The van der Waals surface area contributed by atoms with Crippen LogP contribution in [0.2, 0.25) is 0 Å². The van der Waals surface area contributed by atoms with Gasteiger partial charge in [-0.05, 0) is 66.5 Å². The van der Waals surface area contributed by atoms with Crippen molar-refractivity contribution in [1.82, 2.24) is 9.62 Å². The van der Waals surface area contributed by atoms with Crippen LogP contribution in [0.25, 0.3) is 0 Å².